The third kappa shape index (κ3) is 6.52. The summed E-state index contributed by atoms with van der Waals surface area (Å²) in [7, 11) is 0. The van der Waals surface area contributed by atoms with Crippen molar-refractivity contribution in [2.75, 3.05) is 9.71 Å². The van der Waals surface area contributed by atoms with E-state index in [4.69, 9.17) is 0 Å². The molecule has 2 aliphatic rings. The number of fused-ring (bicyclic) bond motifs is 8. The number of benzene rings is 8. The minimum Gasteiger partial charge on any atom is -0.376 e. The van der Waals surface area contributed by atoms with Gasteiger partial charge in [0.1, 0.15) is 0 Å². The van der Waals surface area contributed by atoms with Crippen LogP contribution < -0.4 is 20.6 Å². The molecule has 8 aromatic carbocycles. The van der Waals surface area contributed by atoms with E-state index in [1.54, 1.807) is 0 Å². The molecule has 0 radical (unpaired) electrons. The maximum Gasteiger partial charge on any atom is 0.333 e. The van der Waals surface area contributed by atoms with Crippen molar-refractivity contribution in [1.82, 2.24) is 0 Å². The van der Waals surface area contributed by atoms with Crippen molar-refractivity contribution in [3.8, 4) is 33.4 Å². The Balaban J connectivity index is 1.31. The van der Waals surface area contributed by atoms with E-state index in [9.17, 15) is 0 Å². The Morgan fingerprint density at radius 2 is 1.05 bits per heavy atom. The fraction of sp³-hybridized carbons (Fsp3) is 0.200. The molecule has 3 heterocycles. The molecule has 314 valence electrons. The molecule has 0 N–H and O–H groups in total. The van der Waals surface area contributed by atoms with Gasteiger partial charge in [-0.25, -0.2) is 0 Å². The first-order chi connectivity index (χ1) is 30.6. The van der Waals surface area contributed by atoms with Crippen molar-refractivity contribution in [2.24, 2.45) is 0 Å². The van der Waals surface area contributed by atoms with Crippen LogP contribution in [-0.4, -0.2) is 6.85 Å². The van der Waals surface area contributed by atoms with Gasteiger partial charge in [-0.05, 0) is 115 Å². The van der Waals surface area contributed by atoms with Gasteiger partial charge in [-0.2, -0.15) is 0 Å². The van der Waals surface area contributed by atoms with Gasteiger partial charge in [0, 0.05) is 48.4 Å². The normalized spacial score (nSPS) is 13.6. The molecule has 0 spiro atoms. The Bertz CT molecular complexity index is 3270. The molecule has 0 fully saturated rings. The smallest absolute Gasteiger partial charge is 0.333 e. The maximum absolute atomic E-state index is 2.68. The molecule has 0 atom stereocenters. The maximum atomic E-state index is 2.68. The topological polar surface area (TPSA) is 6.48 Å². The van der Waals surface area contributed by atoms with Crippen LogP contribution in [0.5, 0.6) is 0 Å². The third-order valence-electron chi connectivity index (χ3n) is 13.7. The minimum atomic E-state index is -0.115. The van der Waals surface area contributed by atoms with Crippen LogP contribution in [0.2, 0.25) is 0 Å². The van der Waals surface area contributed by atoms with Gasteiger partial charge < -0.3 is 9.71 Å². The lowest BCUT2D eigenvalue weighted by Crippen LogP contribution is -2.61. The molecule has 0 bridgehead atoms. The highest BCUT2D eigenvalue weighted by molar-refractivity contribution is 7.26. The number of thiophene rings is 1. The largest absolute Gasteiger partial charge is 0.376 e. The molecule has 0 amide bonds. The number of nitrogens with zero attached hydrogens (tertiary/aromatic N) is 2. The summed E-state index contributed by atoms with van der Waals surface area (Å²) in [5, 5.41) is 2.62. The molecule has 9 aromatic rings. The van der Waals surface area contributed by atoms with Crippen molar-refractivity contribution in [3.05, 3.63) is 187 Å². The van der Waals surface area contributed by atoms with Gasteiger partial charge in [-0.3, -0.25) is 0 Å². The van der Waals surface area contributed by atoms with Crippen LogP contribution in [0.25, 0.3) is 53.6 Å². The molecule has 0 unspecified atom stereocenters. The first-order valence-electron chi connectivity index (χ1n) is 22.9. The van der Waals surface area contributed by atoms with Gasteiger partial charge in [-0.15, -0.1) is 11.3 Å². The second-order valence-corrected chi connectivity index (χ2v) is 22.1. The van der Waals surface area contributed by atoms with E-state index < -0.39 is 0 Å². The summed E-state index contributed by atoms with van der Waals surface area (Å²) in [5.41, 5.74) is 20.1. The van der Waals surface area contributed by atoms with E-state index in [1.807, 2.05) is 11.3 Å². The average Bonchev–Trinajstić information content (AvgIpc) is 3.67. The summed E-state index contributed by atoms with van der Waals surface area (Å²) in [6.07, 6.45) is 0. The van der Waals surface area contributed by atoms with Gasteiger partial charge in [-0.1, -0.05) is 184 Å². The quantitative estimate of drug-likeness (QED) is 0.163. The van der Waals surface area contributed by atoms with E-state index in [-0.39, 0.29) is 23.1 Å². The molecule has 11 rings (SSSR count). The Morgan fingerprint density at radius 1 is 0.422 bits per heavy atom. The number of rotatable bonds is 4. The molecule has 1 aromatic heterocycles. The third-order valence-corrected chi connectivity index (χ3v) is 14.9. The van der Waals surface area contributed by atoms with E-state index in [0.29, 0.717) is 0 Å². The predicted molar refractivity (Wildman–Crippen MR) is 280 cm³/mol. The molecular formula is C60H55BN2S. The molecule has 2 aliphatic heterocycles. The zero-order chi connectivity index (χ0) is 44.3. The van der Waals surface area contributed by atoms with Gasteiger partial charge >= 0.3 is 6.85 Å². The van der Waals surface area contributed by atoms with Gasteiger partial charge in [0.15, 0.2) is 0 Å². The van der Waals surface area contributed by atoms with Crippen LogP contribution in [0, 0.1) is 0 Å². The number of hydrogen-bond acceptors (Lipinski definition) is 3. The minimum absolute atomic E-state index is 0.0273. The molecule has 0 saturated carbocycles. The Hall–Kier alpha value is -6.36. The zero-order valence-corrected chi connectivity index (χ0v) is 39.4. The Labute approximate surface area is 384 Å². The van der Waals surface area contributed by atoms with E-state index in [2.05, 4.69) is 242 Å². The number of anilines is 5. The van der Waals surface area contributed by atoms with Crippen LogP contribution in [0.1, 0.15) is 79.0 Å². The standard InChI is InChI=1S/C60H55BN2S/c1-58(2,3)41-25-28-44(29-26-41)63-51-34-40(38-18-12-10-13-19-38)24-30-45(51)48-36-43(60(7,8)9)37-52-56(48)61(63)49-31-33-54-55(46-22-16-17-23-53(46)64-54)57(49)62(52)50-32-27-42(59(4,5)6)35-47(50)39-20-14-11-15-21-39/h10-37H,1-9H3. The van der Waals surface area contributed by atoms with Crippen LogP contribution in [0.15, 0.2) is 170 Å². The second-order valence-electron chi connectivity index (χ2n) is 21.0. The zero-order valence-electron chi connectivity index (χ0n) is 38.5. The Kier molecular flexibility index (Phi) is 9.21. The van der Waals surface area contributed by atoms with Gasteiger partial charge in [0.25, 0.3) is 0 Å². The second kappa shape index (κ2) is 14.6. The van der Waals surface area contributed by atoms with Crippen molar-refractivity contribution in [3.63, 3.8) is 0 Å². The van der Waals surface area contributed by atoms with Gasteiger partial charge in [0.2, 0.25) is 0 Å². The fourth-order valence-corrected chi connectivity index (χ4v) is 11.3. The molecular weight excluding hydrogens is 792 g/mol. The SMILES string of the molecule is CC(C)(C)c1ccc(N2B3c4ccc5sc6ccccc6c5c4N(c4ccc(C(C)(C)C)cc4-c4ccccc4)c4cc(C(C)(C)C)cc(c43)-c3ccc(-c4ccccc4)cc32)cc1. The van der Waals surface area contributed by atoms with Crippen molar-refractivity contribution in [2.45, 2.75) is 78.6 Å². The summed E-state index contributed by atoms with van der Waals surface area (Å²) in [4.78, 5) is 5.36. The molecule has 0 saturated heterocycles. The van der Waals surface area contributed by atoms with Crippen molar-refractivity contribution >= 4 is 77.7 Å². The van der Waals surface area contributed by atoms with E-state index in [1.165, 1.54) is 110 Å². The highest BCUT2D eigenvalue weighted by Gasteiger charge is 2.47. The highest BCUT2D eigenvalue weighted by atomic mass is 32.1. The van der Waals surface area contributed by atoms with Crippen LogP contribution >= 0.6 is 11.3 Å². The first kappa shape index (κ1) is 40.4. The lowest BCUT2D eigenvalue weighted by Gasteiger charge is -2.47. The lowest BCUT2D eigenvalue weighted by molar-refractivity contribution is 0.590. The summed E-state index contributed by atoms with van der Waals surface area (Å²) >= 11 is 1.90. The van der Waals surface area contributed by atoms with E-state index >= 15 is 0 Å². The molecule has 2 nitrogen and oxygen atoms in total. The monoisotopic (exact) mass is 846 g/mol. The highest BCUT2D eigenvalue weighted by Crippen LogP contribution is 2.53. The van der Waals surface area contributed by atoms with Crippen molar-refractivity contribution < 1.29 is 0 Å². The van der Waals surface area contributed by atoms with Gasteiger partial charge in [0.05, 0.1) is 11.4 Å². The summed E-state index contributed by atoms with van der Waals surface area (Å²) in [6.45, 7) is 20.9. The summed E-state index contributed by atoms with van der Waals surface area (Å²) in [5.74, 6) is 0. The molecule has 4 heteroatoms. The first-order valence-corrected chi connectivity index (χ1v) is 23.7. The summed E-state index contributed by atoms with van der Waals surface area (Å²) < 4.78 is 2.61. The van der Waals surface area contributed by atoms with E-state index in [0.717, 1.165) is 0 Å². The number of hydrogen-bond donors (Lipinski definition) is 0. The average molecular weight is 847 g/mol. The fourth-order valence-electron chi connectivity index (χ4n) is 10.2. The lowest BCUT2D eigenvalue weighted by atomic mass is 9.43. The molecule has 0 aliphatic carbocycles. The van der Waals surface area contributed by atoms with Crippen molar-refractivity contribution in [1.29, 1.82) is 0 Å². The van der Waals surface area contributed by atoms with Crippen LogP contribution in [0.3, 0.4) is 0 Å². The molecule has 64 heavy (non-hydrogen) atoms. The predicted octanol–water partition coefficient (Wildman–Crippen LogP) is 16.0. The summed E-state index contributed by atoms with van der Waals surface area (Å²) in [6, 6.07) is 64.8. The van der Waals surface area contributed by atoms with Crippen LogP contribution in [-0.2, 0) is 16.2 Å². The Morgan fingerprint density at radius 3 is 1.73 bits per heavy atom. The van der Waals surface area contributed by atoms with Crippen LogP contribution in [0.4, 0.5) is 28.4 Å².